The first-order valence-electron chi connectivity index (χ1n) is 7.35. The summed E-state index contributed by atoms with van der Waals surface area (Å²) in [5.41, 5.74) is 2.24. The van der Waals surface area contributed by atoms with Crippen molar-refractivity contribution in [1.82, 2.24) is 5.32 Å². The van der Waals surface area contributed by atoms with Crippen LogP contribution < -0.4 is 5.32 Å². The van der Waals surface area contributed by atoms with Crippen molar-refractivity contribution in [2.45, 2.75) is 32.0 Å². The van der Waals surface area contributed by atoms with Gasteiger partial charge in [-0.15, -0.1) is 0 Å². The Labute approximate surface area is 121 Å². The predicted octanol–water partition coefficient (Wildman–Crippen LogP) is 1.85. The third-order valence-corrected chi connectivity index (χ3v) is 3.58. The Morgan fingerprint density at radius 1 is 1.20 bits per heavy atom. The van der Waals surface area contributed by atoms with Crippen molar-refractivity contribution in [2.75, 3.05) is 32.9 Å². The van der Waals surface area contributed by atoms with Gasteiger partial charge in [0.25, 0.3) is 0 Å². The van der Waals surface area contributed by atoms with E-state index in [4.69, 9.17) is 9.47 Å². The number of hydrogen-bond acceptors (Lipinski definition) is 4. The lowest BCUT2D eigenvalue weighted by Gasteiger charge is -2.23. The summed E-state index contributed by atoms with van der Waals surface area (Å²) in [5.74, 6) is 0.516. The summed E-state index contributed by atoms with van der Waals surface area (Å²) in [7, 11) is 0. The van der Waals surface area contributed by atoms with E-state index in [1.54, 1.807) is 0 Å². The molecule has 20 heavy (non-hydrogen) atoms. The third kappa shape index (κ3) is 4.56. The Morgan fingerprint density at radius 3 is 2.50 bits per heavy atom. The highest BCUT2D eigenvalue weighted by Gasteiger charge is 2.14. The van der Waals surface area contributed by atoms with Gasteiger partial charge in [0.2, 0.25) is 0 Å². The van der Waals surface area contributed by atoms with Gasteiger partial charge in [0, 0.05) is 13.1 Å². The predicted molar refractivity (Wildman–Crippen MR) is 78.9 cm³/mol. The zero-order valence-electron chi connectivity index (χ0n) is 12.3. The molecule has 1 aliphatic rings. The van der Waals surface area contributed by atoms with Gasteiger partial charge in [0.15, 0.2) is 0 Å². The molecular weight excluding hydrogens is 254 g/mol. The first-order valence-corrected chi connectivity index (χ1v) is 7.35. The summed E-state index contributed by atoms with van der Waals surface area (Å²) in [6, 6.07) is 8.17. The molecule has 2 N–H and O–H groups in total. The molecule has 0 amide bonds. The maximum Gasteiger partial charge on any atom is 0.0933 e. The molecule has 1 aliphatic heterocycles. The molecule has 1 aromatic rings. The number of benzene rings is 1. The molecule has 2 atom stereocenters. The molecule has 1 aromatic carbocycles. The van der Waals surface area contributed by atoms with Crippen LogP contribution in [0, 0.1) is 0 Å². The monoisotopic (exact) mass is 279 g/mol. The smallest absolute Gasteiger partial charge is 0.0933 e. The molecule has 0 aromatic heterocycles. The van der Waals surface area contributed by atoms with Gasteiger partial charge >= 0.3 is 0 Å². The fourth-order valence-corrected chi connectivity index (χ4v) is 2.26. The van der Waals surface area contributed by atoms with Crippen molar-refractivity contribution in [1.29, 1.82) is 0 Å². The van der Waals surface area contributed by atoms with Gasteiger partial charge < -0.3 is 19.9 Å². The Hall–Kier alpha value is -0.940. The van der Waals surface area contributed by atoms with Crippen LogP contribution in [0.2, 0.25) is 0 Å². The van der Waals surface area contributed by atoms with Crippen molar-refractivity contribution in [3.05, 3.63) is 35.4 Å². The van der Waals surface area contributed by atoms with E-state index in [2.05, 4.69) is 31.3 Å². The molecule has 2 rings (SSSR count). The minimum absolute atomic E-state index is 0.0965. The highest BCUT2D eigenvalue weighted by Crippen LogP contribution is 2.18. The van der Waals surface area contributed by atoms with Crippen LogP contribution in [-0.4, -0.2) is 44.1 Å². The van der Waals surface area contributed by atoms with Crippen LogP contribution in [0.15, 0.2) is 24.3 Å². The van der Waals surface area contributed by atoms with Gasteiger partial charge in [-0.1, -0.05) is 38.1 Å². The molecule has 0 aliphatic carbocycles. The van der Waals surface area contributed by atoms with Gasteiger partial charge in [-0.05, 0) is 17.0 Å². The molecule has 0 bridgehead atoms. The lowest BCUT2D eigenvalue weighted by atomic mass is 10.00. The summed E-state index contributed by atoms with van der Waals surface area (Å²) in [6.07, 6.45) is -0.389. The van der Waals surface area contributed by atoms with Crippen molar-refractivity contribution in [2.24, 2.45) is 0 Å². The van der Waals surface area contributed by atoms with E-state index in [0.717, 1.165) is 5.56 Å². The molecule has 1 saturated heterocycles. The molecule has 4 nitrogen and oxygen atoms in total. The van der Waals surface area contributed by atoms with Crippen molar-refractivity contribution < 1.29 is 14.6 Å². The SMILES string of the molecule is CC(C)c1ccc(C(O)CNCC2COCCO2)cc1. The second-order valence-corrected chi connectivity index (χ2v) is 5.56. The fraction of sp³-hybridized carbons (Fsp3) is 0.625. The average molecular weight is 279 g/mol. The van der Waals surface area contributed by atoms with Crippen LogP contribution in [0.4, 0.5) is 0 Å². The van der Waals surface area contributed by atoms with Gasteiger partial charge in [-0.3, -0.25) is 0 Å². The number of aliphatic hydroxyl groups excluding tert-OH is 1. The molecule has 4 heteroatoms. The van der Waals surface area contributed by atoms with E-state index >= 15 is 0 Å². The number of ether oxygens (including phenoxy) is 2. The van der Waals surface area contributed by atoms with Crippen LogP contribution in [0.1, 0.15) is 37.0 Å². The minimum atomic E-state index is -0.485. The second-order valence-electron chi connectivity index (χ2n) is 5.56. The Balaban J connectivity index is 1.74. The lowest BCUT2D eigenvalue weighted by molar-refractivity contribution is -0.0868. The summed E-state index contributed by atoms with van der Waals surface area (Å²) in [5, 5.41) is 13.4. The summed E-state index contributed by atoms with van der Waals surface area (Å²) < 4.78 is 10.9. The number of nitrogens with one attached hydrogen (secondary N) is 1. The minimum Gasteiger partial charge on any atom is -0.387 e. The van der Waals surface area contributed by atoms with Crippen molar-refractivity contribution in [3.63, 3.8) is 0 Å². The van der Waals surface area contributed by atoms with Crippen LogP contribution in [0.5, 0.6) is 0 Å². The molecule has 0 radical (unpaired) electrons. The first-order chi connectivity index (χ1) is 9.66. The molecule has 0 saturated carbocycles. The maximum absolute atomic E-state index is 10.1. The summed E-state index contributed by atoms with van der Waals surface area (Å²) >= 11 is 0. The van der Waals surface area contributed by atoms with Crippen LogP contribution >= 0.6 is 0 Å². The van der Waals surface area contributed by atoms with Crippen molar-refractivity contribution in [3.8, 4) is 0 Å². The summed E-state index contributed by atoms with van der Waals surface area (Å²) in [6.45, 7) is 7.54. The van der Waals surface area contributed by atoms with E-state index in [1.807, 2.05) is 12.1 Å². The zero-order valence-corrected chi connectivity index (χ0v) is 12.3. The maximum atomic E-state index is 10.1. The zero-order chi connectivity index (χ0) is 14.4. The number of hydrogen-bond donors (Lipinski definition) is 2. The highest BCUT2D eigenvalue weighted by molar-refractivity contribution is 5.26. The standard InChI is InChI=1S/C16H25NO3/c1-12(2)13-3-5-14(6-4-13)16(18)10-17-9-15-11-19-7-8-20-15/h3-6,12,15-18H,7-11H2,1-2H3. The number of aliphatic hydroxyl groups is 1. The molecule has 0 spiro atoms. The van der Waals surface area contributed by atoms with Crippen molar-refractivity contribution >= 4 is 0 Å². The third-order valence-electron chi connectivity index (χ3n) is 3.58. The average Bonchev–Trinajstić information content (AvgIpc) is 2.48. The highest BCUT2D eigenvalue weighted by atomic mass is 16.6. The molecule has 2 unspecified atom stereocenters. The van der Waals surface area contributed by atoms with Gasteiger partial charge in [0.05, 0.1) is 32.0 Å². The van der Waals surface area contributed by atoms with Gasteiger partial charge in [-0.2, -0.15) is 0 Å². The largest absolute Gasteiger partial charge is 0.387 e. The lowest BCUT2D eigenvalue weighted by Crippen LogP contribution is -2.38. The van der Waals surface area contributed by atoms with E-state index in [0.29, 0.717) is 38.8 Å². The van der Waals surface area contributed by atoms with Gasteiger partial charge in [0.1, 0.15) is 0 Å². The Bertz CT molecular complexity index is 385. The number of rotatable bonds is 6. The van der Waals surface area contributed by atoms with Gasteiger partial charge in [-0.25, -0.2) is 0 Å². The molecule has 1 fully saturated rings. The Morgan fingerprint density at radius 2 is 1.90 bits per heavy atom. The van der Waals surface area contributed by atoms with E-state index in [9.17, 15) is 5.11 Å². The topological polar surface area (TPSA) is 50.7 Å². The quantitative estimate of drug-likeness (QED) is 0.834. The van der Waals surface area contributed by atoms with Crippen LogP contribution in [0.25, 0.3) is 0 Å². The summed E-state index contributed by atoms with van der Waals surface area (Å²) in [4.78, 5) is 0. The normalized spacial score (nSPS) is 21.1. The van der Waals surface area contributed by atoms with Crippen LogP contribution in [-0.2, 0) is 9.47 Å². The first kappa shape index (κ1) is 15.4. The van der Waals surface area contributed by atoms with Crippen LogP contribution in [0.3, 0.4) is 0 Å². The molecule has 1 heterocycles. The fourth-order valence-electron chi connectivity index (χ4n) is 2.26. The Kier molecular flexibility index (Phi) is 5.98. The molecule has 112 valence electrons. The van der Waals surface area contributed by atoms with E-state index < -0.39 is 6.10 Å². The molecular formula is C16H25NO3. The second kappa shape index (κ2) is 7.74. The van der Waals surface area contributed by atoms with E-state index in [-0.39, 0.29) is 6.10 Å². The van der Waals surface area contributed by atoms with E-state index in [1.165, 1.54) is 5.56 Å².